The smallest absolute Gasteiger partial charge is 0.416 e. The molecule has 4 rings (SSSR count). The molecule has 0 saturated heterocycles. The summed E-state index contributed by atoms with van der Waals surface area (Å²) < 4.78 is 49.2. The van der Waals surface area contributed by atoms with Gasteiger partial charge in [0.25, 0.3) is 0 Å². The van der Waals surface area contributed by atoms with E-state index >= 15 is 0 Å². The molecule has 4 aromatic rings. The number of anilines is 1. The molecule has 0 aliphatic carbocycles. The maximum Gasteiger partial charge on any atom is 0.416 e. The van der Waals surface area contributed by atoms with Crippen LogP contribution in [0.15, 0.2) is 48.0 Å². The second-order valence-electron chi connectivity index (χ2n) is 6.30. The van der Waals surface area contributed by atoms with E-state index in [1.165, 1.54) is 23.7 Å². The van der Waals surface area contributed by atoms with Crippen molar-refractivity contribution in [3.8, 4) is 11.7 Å². The Morgan fingerprint density at radius 2 is 1.93 bits per heavy atom. The molecule has 0 fully saturated rings. The number of methoxy groups -OCH3 is 1. The Balaban J connectivity index is 1.64. The molecular formula is C18H16F3N7OS. The zero-order valence-corrected chi connectivity index (χ0v) is 16.9. The zero-order valence-electron chi connectivity index (χ0n) is 16.1. The van der Waals surface area contributed by atoms with Crippen molar-refractivity contribution >= 4 is 28.5 Å². The Kier molecular flexibility index (Phi) is 5.02. The number of aryl methyl sites for hydroxylation is 1. The molecule has 0 amide bonds. The molecule has 4 heterocycles. The van der Waals surface area contributed by atoms with Crippen LogP contribution in [0.4, 0.5) is 18.9 Å². The van der Waals surface area contributed by atoms with Gasteiger partial charge in [-0.2, -0.15) is 23.4 Å². The van der Waals surface area contributed by atoms with E-state index in [-0.39, 0.29) is 5.82 Å². The molecule has 8 nitrogen and oxygen atoms in total. The van der Waals surface area contributed by atoms with Gasteiger partial charge in [-0.05, 0) is 24.1 Å². The molecule has 0 unspecified atom stereocenters. The number of hydrogen-bond donors (Lipinski definition) is 0. The van der Waals surface area contributed by atoms with Crippen LogP contribution >= 0.6 is 11.9 Å². The molecule has 0 spiro atoms. The average molecular weight is 435 g/mol. The number of alkyl halides is 3. The van der Waals surface area contributed by atoms with Crippen LogP contribution in [-0.2, 0) is 13.2 Å². The minimum Gasteiger partial charge on any atom is -0.479 e. The average Bonchev–Trinajstić information content (AvgIpc) is 3.33. The van der Waals surface area contributed by atoms with Gasteiger partial charge in [-0.25, -0.2) is 14.6 Å². The predicted molar refractivity (Wildman–Crippen MR) is 106 cm³/mol. The lowest BCUT2D eigenvalue weighted by molar-refractivity contribution is -0.137. The molecule has 0 N–H and O–H groups in total. The molecule has 30 heavy (non-hydrogen) atoms. The molecule has 0 aliphatic rings. The van der Waals surface area contributed by atoms with Crippen LogP contribution in [0.2, 0.25) is 0 Å². The van der Waals surface area contributed by atoms with Gasteiger partial charge in [0.05, 0.1) is 35.5 Å². The Bertz CT molecular complexity index is 1200. The first-order valence-corrected chi connectivity index (χ1v) is 9.40. The highest BCUT2D eigenvalue weighted by Gasteiger charge is 2.31. The topological polar surface area (TPSA) is 73.9 Å². The number of ether oxygens (including phenoxy) is 1. The number of rotatable bonds is 5. The van der Waals surface area contributed by atoms with Gasteiger partial charge in [-0.15, -0.1) is 0 Å². The fraction of sp³-hybridized carbons (Fsp3) is 0.222. The third-order valence-electron chi connectivity index (χ3n) is 4.33. The fourth-order valence-electron chi connectivity index (χ4n) is 2.97. The lowest BCUT2D eigenvalue weighted by atomic mass is 10.2. The summed E-state index contributed by atoms with van der Waals surface area (Å²) in [4.78, 5) is 8.99. The molecule has 0 aromatic carbocycles. The van der Waals surface area contributed by atoms with Gasteiger partial charge in [-0.1, -0.05) is 0 Å². The summed E-state index contributed by atoms with van der Waals surface area (Å²) in [5.41, 5.74) is 0.766. The van der Waals surface area contributed by atoms with E-state index in [2.05, 4.69) is 20.2 Å². The Morgan fingerprint density at radius 3 is 2.67 bits per heavy atom. The molecule has 12 heteroatoms. The maximum atomic E-state index is 13.0. The van der Waals surface area contributed by atoms with Crippen molar-refractivity contribution in [3.63, 3.8) is 0 Å². The lowest BCUT2D eigenvalue weighted by Gasteiger charge is -2.20. The van der Waals surface area contributed by atoms with E-state index in [1.807, 2.05) is 18.4 Å². The first-order valence-electron chi connectivity index (χ1n) is 8.62. The second-order valence-corrected chi connectivity index (χ2v) is 7.50. The quantitative estimate of drug-likeness (QED) is 0.443. The first-order chi connectivity index (χ1) is 14.3. The minimum absolute atomic E-state index is 0.0762. The summed E-state index contributed by atoms with van der Waals surface area (Å²) >= 11 is 1.32. The summed E-state index contributed by atoms with van der Waals surface area (Å²) in [6, 6.07) is 1.87. The molecule has 0 radical (unpaired) electrons. The van der Waals surface area contributed by atoms with E-state index in [0.717, 1.165) is 29.2 Å². The molecule has 4 aromatic heterocycles. The molecule has 0 saturated carbocycles. The molecule has 0 bridgehead atoms. The van der Waals surface area contributed by atoms with Gasteiger partial charge >= 0.3 is 6.18 Å². The van der Waals surface area contributed by atoms with Crippen LogP contribution < -0.4 is 9.04 Å². The van der Waals surface area contributed by atoms with Gasteiger partial charge in [0.1, 0.15) is 5.69 Å². The van der Waals surface area contributed by atoms with Gasteiger partial charge in [0.15, 0.2) is 5.82 Å². The summed E-state index contributed by atoms with van der Waals surface area (Å²) in [5.74, 6) is 0.500. The summed E-state index contributed by atoms with van der Waals surface area (Å²) in [6.07, 6.45) is 3.20. The SMILES string of the molecule is COc1ncc2cnn(C)c2c1N(C)Sc1cnn(-c2cc(C(F)(F)F)ccn2)c1. The summed E-state index contributed by atoms with van der Waals surface area (Å²) in [6.45, 7) is 0. The van der Waals surface area contributed by atoms with E-state index in [1.54, 1.807) is 29.5 Å². The third-order valence-corrected chi connectivity index (χ3v) is 5.21. The number of pyridine rings is 2. The third kappa shape index (κ3) is 3.65. The van der Waals surface area contributed by atoms with Gasteiger partial charge in [0.2, 0.25) is 5.88 Å². The van der Waals surface area contributed by atoms with Crippen molar-refractivity contribution in [3.05, 3.63) is 48.7 Å². The lowest BCUT2D eigenvalue weighted by Crippen LogP contribution is -2.10. The van der Waals surface area contributed by atoms with Crippen LogP contribution in [0.25, 0.3) is 16.7 Å². The monoisotopic (exact) mass is 435 g/mol. The Hall–Kier alpha value is -3.28. The number of fused-ring (bicyclic) bond motifs is 1. The van der Waals surface area contributed by atoms with Crippen molar-refractivity contribution in [1.29, 1.82) is 0 Å². The highest BCUT2D eigenvalue weighted by atomic mass is 32.2. The van der Waals surface area contributed by atoms with Crippen molar-refractivity contribution in [2.24, 2.45) is 7.05 Å². The summed E-state index contributed by atoms with van der Waals surface area (Å²) in [5, 5.41) is 9.26. The van der Waals surface area contributed by atoms with E-state index in [4.69, 9.17) is 4.74 Å². The van der Waals surface area contributed by atoms with Gasteiger partial charge < -0.3 is 9.04 Å². The minimum atomic E-state index is -4.45. The zero-order chi connectivity index (χ0) is 21.5. The fourth-order valence-corrected chi connectivity index (χ4v) is 3.78. The van der Waals surface area contributed by atoms with Crippen LogP contribution in [-0.4, -0.2) is 43.7 Å². The maximum absolute atomic E-state index is 13.0. The van der Waals surface area contributed by atoms with Crippen LogP contribution in [0, 0.1) is 0 Å². The van der Waals surface area contributed by atoms with Crippen LogP contribution in [0.1, 0.15) is 5.56 Å². The molecule has 156 valence electrons. The predicted octanol–water partition coefficient (Wildman–Crippen LogP) is 3.72. The summed E-state index contributed by atoms with van der Waals surface area (Å²) in [7, 11) is 5.18. The number of halogens is 3. The molecule has 0 atom stereocenters. The van der Waals surface area contributed by atoms with Crippen LogP contribution in [0.3, 0.4) is 0 Å². The van der Waals surface area contributed by atoms with Crippen molar-refractivity contribution in [2.45, 2.75) is 11.1 Å². The molecule has 0 aliphatic heterocycles. The normalized spacial score (nSPS) is 11.8. The number of hydrogen-bond acceptors (Lipinski definition) is 7. The number of nitrogens with zero attached hydrogens (tertiary/aromatic N) is 7. The van der Waals surface area contributed by atoms with Crippen molar-refractivity contribution in [2.75, 3.05) is 18.5 Å². The van der Waals surface area contributed by atoms with Crippen molar-refractivity contribution < 1.29 is 17.9 Å². The number of aromatic nitrogens is 6. The van der Waals surface area contributed by atoms with E-state index in [0.29, 0.717) is 16.5 Å². The second kappa shape index (κ2) is 7.52. The standard InChI is InChI=1S/C18H16F3N7OS/c1-26-15-11(8-24-26)7-23-17(29-3)16(15)27(2)30-13-9-25-28(10-13)14-6-12(4-5-22-14)18(19,20)21/h4-10H,1-3H3. The van der Waals surface area contributed by atoms with E-state index < -0.39 is 11.7 Å². The molecular weight excluding hydrogens is 419 g/mol. The highest BCUT2D eigenvalue weighted by Crippen LogP contribution is 2.38. The highest BCUT2D eigenvalue weighted by molar-refractivity contribution is 8.00. The largest absolute Gasteiger partial charge is 0.479 e. The van der Waals surface area contributed by atoms with Crippen LogP contribution in [0.5, 0.6) is 5.88 Å². The van der Waals surface area contributed by atoms with Gasteiger partial charge in [-0.3, -0.25) is 4.68 Å². The Labute approximate surface area is 173 Å². The van der Waals surface area contributed by atoms with Gasteiger partial charge in [0, 0.05) is 38.1 Å². The first kappa shape index (κ1) is 20.0. The Morgan fingerprint density at radius 1 is 1.13 bits per heavy atom. The van der Waals surface area contributed by atoms with Crippen molar-refractivity contribution in [1.82, 2.24) is 29.5 Å². The van der Waals surface area contributed by atoms with E-state index in [9.17, 15) is 13.2 Å².